The molecular weight excluding hydrogens is 264 g/mol. The Kier molecular flexibility index (Phi) is 4.91. The first kappa shape index (κ1) is 15.9. The van der Waals surface area contributed by atoms with Gasteiger partial charge in [-0.3, -0.25) is 10.00 Å². The van der Waals surface area contributed by atoms with Gasteiger partial charge in [-0.2, -0.15) is 5.10 Å². The number of rotatable bonds is 3. The molecule has 1 saturated carbocycles. The molecule has 21 heavy (non-hydrogen) atoms. The van der Waals surface area contributed by atoms with Crippen LogP contribution < -0.4 is 10.6 Å². The van der Waals surface area contributed by atoms with E-state index < -0.39 is 0 Å². The van der Waals surface area contributed by atoms with Gasteiger partial charge in [-0.15, -0.1) is 0 Å². The summed E-state index contributed by atoms with van der Waals surface area (Å²) in [5, 5.41) is 10.3. The number of carbonyl (C=O) groups is 1. The summed E-state index contributed by atoms with van der Waals surface area (Å²) in [5.41, 5.74) is 0.902. The van der Waals surface area contributed by atoms with E-state index in [-0.39, 0.29) is 12.1 Å². The Bertz CT molecular complexity index is 494. The van der Waals surface area contributed by atoms with E-state index in [9.17, 15) is 4.79 Å². The quantitative estimate of drug-likeness (QED) is 0.898. The summed E-state index contributed by atoms with van der Waals surface area (Å²) in [6, 6.07) is 2.02. The molecule has 1 aromatic rings. The molecule has 0 radical (unpaired) electrons. The minimum atomic E-state index is -0.122. The van der Waals surface area contributed by atoms with Gasteiger partial charge in [0.2, 0.25) is 0 Å². The van der Waals surface area contributed by atoms with E-state index in [2.05, 4.69) is 36.5 Å². The average Bonchev–Trinajstić information content (AvgIpc) is 2.67. The highest BCUT2D eigenvalue weighted by atomic mass is 16.2. The second kappa shape index (κ2) is 6.50. The molecule has 2 N–H and O–H groups in total. The monoisotopic (exact) mass is 292 g/mol. The van der Waals surface area contributed by atoms with Crippen molar-refractivity contribution in [2.24, 2.45) is 24.8 Å². The van der Waals surface area contributed by atoms with Crippen LogP contribution in [0, 0.1) is 24.7 Å². The number of hydrogen-bond acceptors (Lipinski definition) is 2. The maximum Gasteiger partial charge on any atom is 0.320 e. The smallest absolute Gasteiger partial charge is 0.320 e. The van der Waals surface area contributed by atoms with Gasteiger partial charge in [0.25, 0.3) is 0 Å². The molecule has 2 rings (SSSR count). The van der Waals surface area contributed by atoms with Gasteiger partial charge in [0.15, 0.2) is 0 Å². The van der Waals surface area contributed by atoms with Crippen molar-refractivity contribution in [3.05, 3.63) is 11.8 Å². The molecule has 0 aliphatic heterocycles. The van der Waals surface area contributed by atoms with E-state index >= 15 is 0 Å². The molecule has 0 saturated heterocycles. The van der Waals surface area contributed by atoms with Gasteiger partial charge < -0.3 is 5.32 Å². The largest absolute Gasteiger partial charge is 0.335 e. The maximum atomic E-state index is 12.3. The number of urea groups is 1. The fourth-order valence-electron chi connectivity index (χ4n) is 3.42. The number of carbonyl (C=O) groups excluding carboxylic acids is 1. The van der Waals surface area contributed by atoms with Gasteiger partial charge in [-0.05, 0) is 37.5 Å². The molecule has 0 unspecified atom stereocenters. The molecule has 0 spiro atoms. The number of amides is 2. The van der Waals surface area contributed by atoms with Crippen LogP contribution in [0.1, 0.15) is 45.7 Å². The fourth-order valence-corrected chi connectivity index (χ4v) is 3.42. The van der Waals surface area contributed by atoms with E-state index in [1.165, 1.54) is 12.8 Å². The lowest BCUT2D eigenvalue weighted by molar-refractivity contribution is 0.172. The summed E-state index contributed by atoms with van der Waals surface area (Å²) in [6.45, 7) is 8.68. The van der Waals surface area contributed by atoms with E-state index in [1.54, 1.807) is 4.68 Å². The highest BCUT2D eigenvalue weighted by Gasteiger charge is 2.31. The summed E-state index contributed by atoms with van der Waals surface area (Å²) in [6.07, 6.45) is 3.54. The average molecular weight is 292 g/mol. The Hall–Kier alpha value is -1.52. The Morgan fingerprint density at radius 3 is 2.71 bits per heavy atom. The minimum Gasteiger partial charge on any atom is -0.335 e. The zero-order valence-corrected chi connectivity index (χ0v) is 13.8. The van der Waals surface area contributed by atoms with E-state index in [1.807, 2.05) is 20.0 Å². The number of aromatic nitrogens is 2. The number of nitrogens with one attached hydrogen (secondary N) is 2. The Labute approximate surface area is 127 Å². The third kappa shape index (κ3) is 3.99. The van der Waals surface area contributed by atoms with E-state index in [0.29, 0.717) is 17.8 Å². The highest BCUT2D eigenvalue weighted by molar-refractivity contribution is 5.88. The lowest BCUT2D eigenvalue weighted by Gasteiger charge is -2.37. The van der Waals surface area contributed by atoms with Crippen molar-refractivity contribution in [1.29, 1.82) is 0 Å². The Morgan fingerprint density at radius 2 is 2.14 bits per heavy atom. The molecule has 1 fully saturated rings. The lowest BCUT2D eigenvalue weighted by atomic mass is 9.74. The second-order valence-corrected chi connectivity index (χ2v) is 6.83. The van der Waals surface area contributed by atoms with Gasteiger partial charge in [-0.1, -0.05) is 27.2 Å². The summed E-state index contributed by atoms with van der Waals surface area (Å²) in [7, 11) is 1.84. The molecule has 1 aliphatic carbocycles. The number of aryl methyl sites for hydroxylation is 2. The first-order valence-corrected chi connectivity index (χ1v) is 7.95. The Balaban J connectivity index is 1.98. The van der Waals surface area contributed by atoms with Crippen molar-refractivity contribution in [2.45, 2.75) is 53.0 Å². The van der Waals surface area contributed by atoms with Gasteiger partial charge in [0, 0.05) is 19.2 Å². The molecule has 2 amide bonds. The van der Waals surface area contributed by atoms with Crippen LogP contribution in [0.3, 0.4) is 0 Å². The predicted octanol–water partition coefficient (Wildman–Crippen LogP) is 3.31. The van der Waals surface area contributed by atoms with Crippen molar-refractivity contribution in [2.75, 3.05) is 5.32 Å². The van der Waals surface area contributed by atoms with Crippen LogP contribution >= 0.6 is 0 Å². The van der Waals surface area contributed by atoms with Crippen molar-refractivity contribution >= 4 is 11.8 Å². The van der Waals surface area contributed by atoms with Gasteiger partial charge in [-0.25, -0.2) is 4.79 Å². The van der Waals surface area contributed by atoms with Crippen LogP contribution in [-0.4, -0.2) is 21.9 Å². The zero-order valence-electron chi connectivity index (χ0n) is 13.8. The molecule has 1 heterocycles. The Morgan fingerprint density at radius 1 is 1.43 bits per heavy atom. The van der Waals surface area contributed by atoms with Crippen LogP contribution in [0.4, 0.5) is 10.6 Å². The van der Waals surface area contributed by atoms with Crippen LogP contribution in [0.5, 0.6) is 0 Å². The van der Waals surface area contributed by atoms with Crippen molar-refractivity contribution in [3.8, 4) is 0 Å². The standard InChI is InChI=1S/C16H28N4O/c1-10(2)13-7-6-11(3)8-14(13)17-16(21)18-15-9-12(4)19-20(15)5/h9-11,13-14H,6-8H2,1-5H3,(H2,17,18,21)/t11-,13+,14+/m0/s1. The van der Waals surface area contributed by atoms with Crippen LogP contribution in [0.15, 0.2) is 6.07 Å². The third-order valence-corrected chi connectivity index (χ3v) is 4.58. The molecule has 0 aromatic carbocycles. The molecule has 5 nitrogen and oxygen atoms in total. The first-order chi connectivity index (χ1) is 9.86. The summed E-state index contributed by atoms with van der Waals surface area (Å²) < 4.78 is 1.69. The number of anilines is 1. The summed E-state index contributed by atoms with van der Waals surface area (Å²) in [4.78, 5) is 12.3. The SMILES string of the molecule is Cc1cc(NC(=O)N[C@@H]2C[C@@H](C)CC[C@@H]2C(C)C)n(C)n1. The molecule has 3 atom stereocenters. The van der Waals surface area contributed by atoms with Crippen LogP contribution in [-0.2, 0) is 7.05 Å². The van der Waals surface area contributed by atoms with E-state index in [4.69, 9.17) is 0 Å². The molecule has 5 heteroatoms. The molecule has 1 aliphatic rings. The van der Waals surface area contributed by atoms with Crippen LogP contribution in [0.2, 0.25) is 0 Å². The molecule has 0 bridgehead atoms. The maximum absolute atomic E-state index is 12.3. The summed E-state index contributed by atoms with van der Waals surface area (Å²) >= 11 is 0. The molecular formula is C16H28N4O. The van der Waals surface area contributed by atoms with E-state index in [0.717, 1.165) is 17.9 Å². The van der Waals surface area contributed by atoms with Gasteiger partial charge >= 0.3 is 6.03 Å². The third-order valence-electron chi connectivity index (χ3n) is 4.58. The molecule has 1 aromatic heterocycles. The van der Waals surface area contributed by atoms with Crippen molar-refractivity contribution < 1.29 is 4.79 Å². The second-order valence-electron chi connectivity index (χ2n) is 6.83. The van der Waals surface area contributed by atoms with Crippen molar-refractivity contribution in [3.63, 3.8) is 0 Å². The minimum absolute atomic E-state index is 0.122. The van der Waals surface area contributed by atoms with Gasteiger partial charge in [0.1, 0.15) is 5.82 Å². The first-order valence-electron chi connectivity index (χ1n) is 7.95. The topological polar surface area (TPSA) is 59.0 Å². The highest BCUT2D eigenvalue weighted by Crippen LogP contribution is 2.33. The normalized spacial score (nSPS) is 25.9. The van der Waals surface area contributed by atoms with Gasteiger partial charge in [0.05, 0.1) is 5.69 Å². The summed E-state index contributed by atoms with van der Waals surface area (Å²) in [5.74, 6) is 2.58. The van der Waals surface area contributed by atoms with Crippen molar-refractivity contribution in [1.82, 2.24) is 15.1 Å². The predicted molar refractivity (Wildman–Crippen MR) is 85.2 cm³/mol. The lowest BCUT2D eigenvalue weighted by Crippen LogP contribution is -2.47. The number of hydrogen-bond donors (Lipinski definition) is 2. The number of nitrogens with zero attached hydrogens (tertiary/aromatic N) is 2. The molecule has 118 valence electrons. The fraction of sp³-hybridized carbons (Fsp3) is 0.750. The zero-order chi connectivity index (χ0) is 15.6. The van der Waals surface area contributed by atoms with Crippen LogP contribution in [0.25, 0.3) is 0 Å².